The number of aryl methyl sites for hydroxylation is 1. The lowest BCUT2D eigenvalue weighted by atomic mass is 10.1. The zero-order chi connectivity index (χ0) is 30.4. The Morgan fingerprint density at radius 3 is 2.02 bits per heavy atom. The van der Waals surface area contributed by atoms with Crippen molar-refractivity contribution in [2.75, 3.05) is 26.9 Å². The van der Waals surface area contributed by atoms with Crippen molar-refractivity contribution in [3.05, 3.63) is 138 Å². The van der Waals surface area contributed by atoms with Crippen LogP contribution in [0, 0.1) is 0 Å². The van der Waals surface area contributed by atoms with Gasteiger partial charge in [0.25, 0.3) is 0 Å². The SMILES string of the molecule is COc1cc(CN(CCO)Cc2ccc3cc(OCCCCCc4ccccc4)ccc3c2)ccc1OCc1ccccc1. The Balaban J connectivity index is 1.13. The summed E-state index contributed by atoms with van der Waals surface area (Å²) in [7, 11) is 1.67. The second-order valence-corrected chi connectivity index (χ2v) is 11.2. The first-order chi connectivity index (χ1) is 21.7. The van der Waals surface area contributed by atoms with Gasteiger partial charge in [-0.1, -0.05) is 84.9 Å². The summed E-state index contributed by atoms with van der Waals surface area (Å²) in [6.07, 6.45) is 4.53. The standard InChI is InChI=1S/C39H43NO4/c1-42-39-26-34(17-21-38(39)44-30-32-14-7-3-8-15-32)29-40(22-23-41)28-33-16-18-36-27-37(20-19-35(36)25-33)43-24-10-4-9-13-31-11-5-2-6-12-31/h2-3,5-8,11-12,14-21,25-27,41H,4,9-10,13,22-24,28-30H2,1H3. The van der Waals surface area contributed by atoms with Crippen LogP contribution >= 0.6 is 0 Å². The number of ether oxygens (including phenoxy) is 3. The van der Waals surface area contributed by atoms with E-state index in [9.17, 15) is 5.11 Å². The first kappa shape index (κ1) is 31.1. The first-order valence-electron chi connectivity index (χ1n) is 15.6. The van der Waals surface area contributed by atoms with Crippen molar-refractivity contribution in [2.45, 2.75) is 45.4 Å². The quantitative estimate of drug-likeness (QED) is 0.111. The monoisotopic (exact) mass is 589 g/mol. The smallest absolute Gasteiger partial charge is 0.161 e. The van der Waals surface area contributed by atoms with E-state index in [1.54, 1.807) is 7.11 Å². The molecule has 0 spiro atoms. The van der Waals surface area contributed by atoms with Gasteiger partial charge in [-0.2, -0.15) is 0 Å². The van der Waals surface area contributed by atoms with E-state index in [-0.39, 0.29) is 6.61 Å². The molecule has 0 unspecified atom stereocenters. The van der Waals surface area contributed by atoms with E-state index in [1.165, 1.54) is 28.3 Å². The fourth-order valence-electron chi connectivity index (χ4n) is 5.44. The first-order valence-corrected chi connectivity index (χ1v) is 15.6. The third kappa shape index (κ3) is 9.34. The molecule has 0 aliphatic rings. The number of rotatable bonds is 17. The second kappa shape index (κ2) is 16.5. The fourth-order valence-corrected chi connectivity index (χ4v) is 5.44. The lowest BCUT2D eigenvalue weighted by Crippen LogP contribution is -2.26. The van der Waals surface area contributed by atoms with Gasteiger partial charge in [0.05, 0.1) is 20.3 Å². The molecule has 1 N–H and O–H groups in total. The van der Waals surface area contributed by atoms with Crippen LogP contribution in [0.1, 0.15) is 41.5 Å². The Hall–Kier alpha value is -4.32. The zero-order valence-electron chi connectivity index (χ0n) is 25.7. The van der Waals surface area contributed by atoms with Crippen molar-refractivity contribution in [1.82, 2.24) is 4.90 Å². The summed E-state index contributed by atoms with van der Waals surface area (Å²) in [6, 6.07) is 39.7. The molecule has 0 bridgehead atoms. The van der Waals surface area contributed by atoms with Gasteiger partial charge in [-0.05, 0) is 89.0 Å². The molecule has 5 heteroatoms. The third-order valence-electron chi connectivity index (χ3n) is 7.79. The predicted octanol–water partition coefficient (Wildman–Crippen LogP) is 8.21. The summed E-state index contributed by atoms with van der Waals surface area (Å²) in [4.78, 5) is 2.25. The number of aliphatic hydroxyl groups excluding tert-OH is 1. The van der Waals surface area contributed by atoms with Gasteiger partial charge in [0.1, 0.15) is 12.4 Å². The Labute approximate surface area is 261 Å². The van der Waals surface area contributed by atoms with Crippen molar-refractivity contribution in [2.24, 2.45) is 0 Å². The maximum Gasteiger partial charge on any atom is 0.161 e. The number of hydrogen-bond acceptors (Lipinski definition) is 5. The largest absolute Gasteiger partial charge is 0.494 e. The molecule has 228 valence electrons. The van der Waals surface area contributed by atoms with Crippen molar-refractivity contribution >= 4 is 10.8 Å². The summed E-state index contributed by atoms with van der Waals surface area (Å²) < 4.78 is 17.7. The van der Waals surface area contributed by atoms with Crippen LogP contribution in [0.25, 0.3) is 10.8 Å². The van der Waals surface area contributed by atoms with Crippen LogP contribution in [0.15, 0.2) is 115 Å². The minimum atomic E-state index is 0.0932. The molecule has 0 aliphatic carbocycles. The number of benzene rings is 5. The minimum Gasteiger partial charge on any atom is -0.494 e. The molecular weight excluding hydrogens is 546 g/mol. The Morgan fingerprint density at radius 2 is 1.27 bits per heavy atom. The third-order valence-corrected chi connectivity index (χ3v) is 7.79. The van der Waals surface area contributed by atoms with E-state index in [0.717, 1.165) is 55.0 Å². The molecule has 0 saturated carbocycles. The molecule has 0 radical (unpaired) electrons. The highest BCUT2D eigenvalue weighted by atomic mass is 16.5. The van der Waals surface area contributed by atoms with E-state index in [1.807, 2.05) is 42.5 Å². The predicted molar refractivity (Wildman–Crippen MR) is 178 cm³/mol. The Bertz CT molecular complexity index is 1570. The van der Waals surface area contributed by atoms with Gasteiger partial charge in [-0.3, -0.25) is 4.90 Å². The van der Waals surface area contributed by atoms with Crippen LogP contribution in [0.2, 0.25) is 0 Å². The van der Waals surface area contributed by atoms with Crippen molar-refractivity contribution in [3.63, 3.8) is 0 Å². The van der Waals surface area contributed by atoms with Crippen LogP contribution in [0.4, 0.5) is 0 Å². The molecule has 0 fully saturated rings. The molecule has 5 nitrogen and oxygen atoms in total. The molecule has 5 rings (SSSR count). The molecule has 0 heterocycles. The zero-order valence-corrected chi connectivity index (χ0v) is 25.7. The maximum absolute atomic E-state index is 9.79. The van der Waals surface area contributed by atoms with E-state index < -0.39 is 0 Å². The van der Waals surface area contributed by atoms with Gasteiger partial charge in [-0.25, -0.2) is 0 Å². The van der Waals surface area contributed by atoms with Gasteiger partial charge in [0, 0.05) is 19.6 Å². The van der Waals surface area contributed by atoms with Gasteiger partial charge in [0.15, 0.2) is 11.5 Å². The number of methoxy groups -OCH3 is 1. The van der Waals surface area contributed by atoms with Crippen LogP contribution in [-0.4, -0.2) is 36.9 Å². The molecule has 0 aliphatic heterocycles. The number of hydrogen-bond donors (Lipinski definition) is 1. The molecule has 44 heavy (non-hydrogen) atoms. The molecule has 0 atom stereocenters. The highest BCUT2D eigenvalue weighted by Gasteiger charge is 2.12. The maximum atomic E-state index is 9.79. The average molecular weight is 590 g/mol. The van der Waals surface area contributed by atoms with Crippen LogP contribution in [0.5, 0.6) is 17.2 Å². The Morgan fingerprint density at radius 1 is 0.591 bits per heavy atom. The van der Waals surface area contributed by atoms with Crippen LogP contribution in [-0.2, 0) is 26.1 Å². The lowest BCUT2D eigenvalue weighted by Gasteiger charge is -2.22. The van der Waals surface area contributed by atoms with Gasteiger partial charge >= 0.3 is 0 Å². The number of nitrogens with zero attached hydrogens (tertiary/aromatic N) is 1. The number of aliphatic hydroxyl groups is 1. The summed E-state index contributed by atoms with van der Waals surface area (Å²) in [5, 5.41) is 12.1. The highest BCUT2D eigenvalue weighted by Crippen LogP contribution is 2.30. The van der Waals surface area contributed by atoms with Crippen molar-refractivity contribution < 1.29 is 19.3 Å². The number of fused-ring (bicyclic) bond motifs is 1. The van der Waals surface area contributed by atoms with Crippen LogP contribution in [0.3, 0.4) is 0 Å². The molecule has 0 amide bonds. The van der Waals surface area contributed by atoms with Gasteiger partial charge < -0.3 is 19.3 Å². The average Bonchev–Trinajstić information content (AvgIpc) is 3.06. The van der Waals surface area contributed by atoms with Gasteiger partial charge in [0.2, 0.25) is 0 Å². The molecule has 5 aromatic carbocycles. The van der Waals surface area contributed by atoms with E-state index >= 15 is 0 Å². The Kier molecular flexibility index (Phi) is 11.7. The van der Waals surface area contributed by atoms with Crippen LogP contribution < -0.4 is 14.2 Å². The van der Waals surface area contributed by atoms with E-state index in [2.05, 4.69) is 77.7 Å². The minimum absolute atomic E-state index is 0.0932. The van der Waals surface area contributed by atoms with Crippen molar-refractivity contribution in [3.8, 4) is 17.2 Å². The molecule has 0 saturated heterocycles. The topological polar surface area (TPSA) is 51.2 Å². The summed E-state index contributed by atoms with van der Waals surface area (Å²) in [6.45, 7) is 3.30. The summed E-state index contributed by atoms with van der Waals surface area (Å²) in [5.74, 6) is 2.34. The lowest BCUT2D eigenvalue weighted by molar-refractivity contribution is 0.184. The summed E-state index contributed by atoms with van der Waals surface area (Å²) >= 11 is 0. The van der Waals surface area contributed by atoms with Gasteiger partial charge in [-0.15, -0.1) is 0 Å². The highest BCUT2D eigenvalue weighted by molar-refractivity contribution is 5.84. The normalized spacial score (nSPS) is 11.2. The molecule has 0 aromatic heterocycles. The summed E-state index contributed by atoms with van der Waals surface area (Å²) in [5.41, 5.74) is 4.82. The van der Waals surface area contributed by atoms with Crippen molar-refractivity contribution in [1.29, 1.82) is 0 Å². The molecular formula is C39H43NO4. The second-order valence-electron chi connectivity index (χ2n) is 11.2. The fraction of sp³-hybridized carbons (Fsp3) is 0.282. The van der Waals surface area contributed by atoms with E-state index in [0.29, 0.717) is 25.4 Å². The number of unbranched alkanes of at least 4 members (excludes halogenated alkanes) is 2. The van der Waals surface area contributed by atoms with E-state index in [4.69, 9.17) is 14.2 Å². The molecule has 5 aromatic rings.